The number of halogens is 1. The Bertz CT molecular complexity index is 543. The van der Waals surface area contributed by atoms with Crippen LogP contribution in [0.4, 0.5) is 4.39 Å². The molecule has 2 N–H and O–H groups in total. The first-order chi connectivity index (χ1) is 8.69. The summed E-state index contributed by atoms with van der Waals surface area (Å²) in [5.41, 5.74) is 7.84. The summed E-state index contributed by atoms with van der Waals surface area (Å²) in [6.07, 6.45) is 1.71. The molecule has 0 aliphatic heterocycles. The van der Waals surface area contributed by atoms with Crippen molar-refractivity contribution in [3.8, 4) is 5.75 Å². The van der Waals surface area contributed by atoms with Gasteiger partial charge >= 0.3 is 0 Å². The first kappa shape index (κ1) is 12.5. The molecule has 0 aliphatic rings. The summed E-state index contributed by atoms with van der Waals surface area (Å²) in [6.45, 7) is 2.49. The summed E-state index contributed by atoms with van der Waals surface area (Å²) in [5.74, 6) is 0.413. The molecule has 0 aliphatic carbocycles. The molecule has 0 spiro atoms. The maximum absolute atomic E-state index is 13.3. The smallest absolute Gasteiger partial charge is 0.141 e. The quantitative estimate of drug-likeness (QED) is 0.902. The van der Waals surface area contributed by atoms with Gasteiger partial charge in [-0.15, -0.1) is 0 Å². The number of aromatic nitrogens is 1. The van der Waals surface area contributed by atoms with Crippen LogP contribution in [-0.2, 0) is 13.2 Å². The van der Waals surface area contributed by atoms with Gasteiger partial charge in [0.15, 0.2) is 0 Å². The normalized spacial score (nSPS) is 10.4. The second kappa shape index (κ2) is 5.60. The molecule has 0 saturated heterocycles. The molecule has 2 rings (SSSR count). The molecule has 18 heavy (non-hydrogen) atoms. The number of nitrogens with zero attached hydrogens (tertiary/aromatic N) is 1. The molecule has 1 aromatic carbocycles. The molecule has 0 fully saturated rings. The Kier molecular flexibility index (Phi) is 3.89. The lowest BCUT2D eigenvalue weighted by atomic mass is 10.1. The molecule has 0 bridgehead atoms. The van der Waals surface area contributed by atoms with E-state index in [1.807, 2.05) is 19.1 Å². The highest BCUT2D eigenvalue weighted by molar-refractivity contribution is 5.27. The summed E-state index contributed by atoms with van der Waals surface area (Å²) in [4.78, 5) is 4.12. The van der Waals surface area contributed by atoms with E-state index in [0.29, 0.717) is 18.9 Å². The van der Waals surface area contributed by atoms with Crippen molar-refractivity contribution in [3.63, 3.8) is 0 Å². The van der Waals surface area contributed by atoms with Crippen LogP contribution in [-0.4, -0.2) is 4.98 Å². The number of hydrogen-bond donors (Lipinski definition) is 1. The van der Waals surface area contributed by atoms with E-state index in [1.165, 1.54) is 12.1 Å². The predicted molar refractivity (Wildman–Crippen MR) is 67.6 cm³/mol. The minimum absolute atomic E-state index is 0.292. The molecule has 2 aromatic rings. The second-order valence-electron chi connectivity index (χ2n) is 4.05. The molecular formula is C14H15FN2O. The molecule has 4 heteroatoms. The average Bonchev–Trinajstić information content (AvgIpc) is 2.37. The Hall–Kier alpha value is -1.94. The summed E-state index contributed by atoms with van der Waals surface area (Å²) in [7, 11) is 0. The lowest BCUT2D eigenvalue weighted by molar-refractivity contribution is 0.302. The van der Waals surface area contributed by atoms with E-state index in [9.17, 15) is 4.39 Å². The van der Waals surface area contributed by atoms with Crippen LogP contribution >= 0.6 is 0 Å². The third-order valence-corrected chi connectivity index (χ3v) is 2.61. The van der Waals surface area contributed by atoms with Gasteiger partial charge in [-0.05, 0) is 42.3 Å². The van der Waals surface area contributed by atoms with E-state index in [0.717, 1.165) is 16.8 Å². The Morgan fingerprint density at radius 1 is 1.28 bits per heavy atom. The van der Waals surface area contributed by atoms with E-state index in [2.05, 4.69) is 4.98 Å². The van der Waals surface area contributed by atoms with E-state index in [-0.39, 0.29) is 5.82 Å². The van der Waals surface area contributed by atoms with Crippen molar-refractivity contribution in [2.45, 2.75) is 20.1 Å². The fraction of sp³-hybridized carbons (Fsp3) is 0.214. The molecule has 0 radical (unpaired) electrons. The van der Waals surface area contributed by atoms with Crippen LogP contribution in [0, 0.1) is 12.7 Å². The van der Waals surface area contributed by atoms with Crippen LogP contribution in [0.15, 0.2) is 36.5 Å². The minimum atomic E-state index is -0.292. The molecule has 1 heterocycles. The number of benzene rings is 1. The van der Waals surface area contributed by atoms with Crippen molar-refractivity contribution in [1.29, 1.82) is 0 Å². The number of rotatable bonds is 4. The molecule has 0 unspecified atom stereocenters. The largest absolute Gasteiger partial charge is 0.487 e. The molecule has 0 amide bonds. The molecule has 0 saturated carbocycles. The van der Waals surface area contributed by atoms with Gasteiger partial charge in [0, 0.05) is 12.7 Å². The lowest BCUT2D eigenvalue weighted by Gasteiger charge is -2.09. The fourth-order valence-corrected chi connectivity index (χ4v) is 1.70. The SMILES string of the molecule is Cc1ncccc1OCc1cc(F)cc(CN)c1. The standard InChI is InChI=1S/C14H15FN2O/c1-10-14(3-2-4-17-10)18-9-12-5-11(8-16)6-13(15)7-12/h2-7H,8-9,16H2,1H3. The zero-order valence-corrected chi connectivity index (χ0v) is 10.2. The van der Waals surface area contributed by atoms with Crippen LogP contribution in [0.2, 0.25) is 0 Å². The number of pyridine rings is 1. The fourth-order valence-electron chi connectivity index (χ4n) is 1.70. The number of hydrogen-bond acceptors (Lipinski definition) is 3. The first-order valence-corrected chi connectivity index (χ1v) is 5.72. The topological polar surface area (TPSA) is 48.1 Å². The highest BCUT2D eigenvalue weighted by atomic mass is 19.1. The van der Waals surface area contributed by atoms with E-state index >= 15 is 0 Å². The predicted octanol–water partition coefficient (Wildman–Crippen LogP) is 2.57. The van der Waals surface area contributed by atoms with Crippen LogP contribution in [0.3, 0.4) is 0 Å². The Balaban J connectivity index is 2.11. The van der Waals surface area contributed by atoms with Crippen LogP contribution in [0.5, 0.6) is 5.75 Å². The molecule has 1 aromatic heterocycles. The maximum Gasteiger partial charge on any atom is 0.141 e. The summed E-state index contributed by atoms with van der Waals surface area (Å²) in [6, 6.07) is 8.36. The molecule has 3 nitrogen and oxygen atoms in total. The summed E-state index contributed by atoms with van der Waals surface area (Å²) >= 11 is 0. The van der Waals surface area contributed by atoms with Gasteiger partial charge in [-0.2, -0.15) is 0 Å². The van der Waals surface area contributed by atoms with Gasteiger partial charge in [-0.25, -0.2) is 4.39 Å². The van der Waals surface area contributed by atoms with Crippen molar-refractivity contribution in [2.75, 3.05) is 0 Å². The van der Waals surface area contributed by atoms with Crippen LogP contribution < -0.4 is 10.5 Å². The second-order valence-corrected chi connectivity index (χ2v) is 4.05. The van der Waals surface area contributed by atoms with E-state index in [1.54, 1.807) is 12.3 Å². The van der Waals surface area contributed by atoms with E-state index in [4.69, 9.17) is 10.5 Å². The molecule has 0 atom stereocenters. The van der Waals surface area contributed by atoms with Crippen molar-refractivity contribution in [3.05, 3.63) is 59.2 Å². The van der Waals surface area contributed by atoms with Crippen LogP contribution in [0.1, 0.15) is 16.8 Å². The van der Waals surface area contributed by atoms with E-state index < -0.39 is 0 Å². The lowest BCUT2D eigenvalue weighted by Crippen LogP contribution is -2.02. The van der Waals surface area contributed by atoms with Gasteiger partial charge in [-0.3, -0.25) is 4.98 Å². The van der Waals surface area contributed by atoms with Gasteiger partial charge < -0.3 is 10.5 Å². The Morgan fingerprint density at radius 2 is 2.06 bits per heavy atom. The van der Waals surface area contributed by atoms with Crippen molar-refractivity contribution in [1.82, 2.24) is 4.98 Å². The van der Waals surface area contributed by atoms with Gasteiger partial charge in [0.05, 0.1) is 5.69 Å². The summed E-state index contributed by atoms with van der Waals surface area (Å²) in [5, 5.41) is 0. The third-order valence-electron chi connectivity index (χ3n) is 2.61. The Labute approximate surface area is 105 Å². The summed E-state index contributed by atoms with van der Waals surface area (Å²) < 4.78 is 18.9. The first-order valence-electron chi connectivity index (χ1n) is 5.72. The maximum atomic E-state index is 13.3. The molecule has 94 valence electrons. The van der Waals surface area contributed by atoms with Gasteiger partial charge in [-0.1, -0.05) is 6.07 Å². The zero-order chi connectivity index (χ0) is 13.0. The monoisotopic (exact) mass is 246 g/mol. The van der Waals surface area contributed by atoms with Crippen molar-refractivity contribution in [2.24, 2.45) is 5.73 Å². The Morgan fingerprint density at radius 3 is 2.78 bits per heavy atom. The van der Waals surface area contributed by atoms with Gasteiger partial charge in [0.1, 0.15) is 18.2 Å². The van der Waals surface area contributed by atoms with Gasteiger partial charge in [0.25, 0.3) is 0 Å². The number of nitrogens with two attached hydrogens (primary N) is 1. The molecular weight excluding hydrogens is 231 g/mol. The third kappa shape index (κ3) is 3.05. The average molecular weight is 246 g/mol. The number of aryl methyl sites for hydroxylation is 1. The van der Waals surface area contributed by atoms with Gasteiger partial charge in [0.2, 0.25) is 0 Å². The zero-order valence-electron chi connectivity index (χ0n) is 10.2. The number of ether oxygens (including phenoxy) is 1. The van der Waals surface area contributed by atoms with Crippen molar-refractivity contribution < 1.29 is 9.13 Å². The minimum Gasteiger partial charge on any atom is -0.487 e. The van der Waals surface area contributed by atoms with Crippen molar-refractivity contribution >= 4 is 0 Å². The highest BCUT2D eigenvalue weighted by Crippen LogP contribution is 2.17. The highest BCUT2D eigenvalue weighted by Gasteiger charge is 2.03. The van der Waals surface area contributed by atoms with Crippen LogP contribution in [0.25, 0.3) is 0 Å².